The molecule has 2 rings (SSSR count). The molecule has 1 amide bonds. The van der Waals surface area contributed by atoms with Crippen LogP contribution in [0, 0.1) is 5.92 Å². The highest BCUT2D eigenvalue weighted by Crippen LogP contribution is 2.25. The van der Waals surface area contributed by atoms with Crippen LogP contribution in [-0.2, 0) is 9.53 Å². The number of carbonyl (C=O) groups is 1. The van der Waals surface area contributed by atoms with Crippen molar-refractivity contribution in [3.05, 3.63) is 29.8 Å². The van der Waals surface area contributed by atoms with Crippen LogP contribution in [0.25, 0.3) is 0 Å². The molecule has 1 heterocycles. The number of nitrogens with one attached hydrogen (secondary N) is 1. The third-order valence-electron chi connectivity index (χ3n) is 3.65. The molecule has 0 radical (unpaired) electrons. The van der Waals surface area contributed by atoms with Gasteiger partial charge in [0.2, 0.25) is 5.91 Å². The largest absolute Gasteiger partial charge is 0.377 e. The number of carbonyl (C=O) groups excluding carboxylic acids is 1. The molecule has 1 aromatic carbocycles. The van der Waals surface area contributed by atoms with Crippen LogP contribution in [0.5, 0.6) is 0 Å². The van der Waals surface area contributed by atoms with Gasteiger partial charge in [-0.1, -0.05) is 19.1 Å². The van der Waals surface area contributed by atoms with E-state index in [1.165, 1.54) is 0 Å². The Bertz CT molecular complexity index is 428. The molecule has 104 valence electrons. The molecule has 1 saturated heterocycles. The van der Waals surface area contributed by atoms with Crippen molar-refractivity contribution in [2.24, 2.45) is 11.7 Å². The van der Waals surface area contributed by atoms with E-state index in [1.54, 1.807) is 0 Å². The zero-order valence-corrected chi connectivity index (χ0v) is 11.6. The predicted octanol–water partition coefficient (Wildman–Crippen LogP) is 2.46. The lowest BCUT2D eigenvalue weighted by Crippen LogP contribution is -2.29. The Morgan fingerprint density at radius 3 is 2.74 bits per heavy atom. The van der Waals surface area contributed by atoms with Crippen LogP contribution < -0.4 is 11.1 Å². The Balaban J connectivity index is 1.98. The van der Waals surface area contributed by atoms with Crippen LogP contribution in [0.4, 0.5) is 5.69 Å². The minimum atomic E-state index is -0.0295. The van der Waals surface area contributed by atoms with E-state index in [2.05, 4.69) is 5.32 Å². The SMILES string of the molecule is CCC1OCCC1C(=O)Nc1ccc(C(C)N)cc1. The normalized spacial score (nSPS) is 24.2. The third-order valence-corrected chi connectivity index (χ3v) is 3.65. The Kier molecular flexibility index (Phi) is 4.56. The van der Waals surface area contributed by atoms with E-state index in [0.29, 0.717) is 6.61 Å². The van der Waals surface area contributed by atoms with E-state index in [9.17, 15) is 4.79 Å². The molecular weight excluding hydrogens is 240 g/mol. The summed E-state index contributed by atoms with van der Waals surface area (Å²) in [7, 11) is 0. The summed E-state index contributed by atoms with van der Waals surface area (Å²) in [5, 5.41) is 2.95. The van der Waals surface area contributed by atoms with Gasteiger partial charge in [0, 0.05) is 18.3 Å². The van der Waals surface area contributed by atoms with E-state index in [1.807, 2.05) is 38.1 Å². The van der Waals surface area contributed by atoms with Gasteiger partial charge in [-0.2, -0.15) is 0 Å². The van der Waals surface area contributed by atoms with Crippen molar-refractivity contribution < 1.29 is 9.53 Å². The van der Waals surface area contributed by atoms with Crippen LogP contribution in [0.1, 0.15) is 38.3 Å². The van der Waals surface area contributed by atoms with E-state index >= 15 is 0 Å². The van der Waals surface area contributed by atoms with Crippen LogP contribution >= 0.6 is 0 Å². The fraction of sp³-hybridized carbons (Fsp3) is 0.533. The van der Waals surface area contributed by atoms with Gasteiger partial charge < -0.3 is 15.8 Å². The molecule has 0 bridgehead atoms. The summed E-state index contributed by atoms with van der Waals surface area (Å²) in [6, 6.07) is 7.70. The molecule has 4 heteroatoms. The lowest BCUT2D eigenvalue weighted by atomic mass is 9.98. The van der Waals surface area contributed by atoms with Crippen molar-refractivity contribution in [2.75, 3.05) is 11.9 Å². The number of ether oxygens (including phenoxy) is 1. The summed E-state index contributed by atoms with van der Waals surface area (Å²) in [5.41, 5.74) is 7.68. The zero-order valence-electron chi connectivity index (χ0n) is 11.6. The van der Waals surface area contributed by atoms with Gasteiger partial charge in [0.05, 0.1) is 12.0 Å². The van der Waals surface area contributed by atoms with Crippen molar-refractivity contribution in [3.63, 3.8) is 0 Å². The van der Waals surface area contributed by atoms with Gasteiger partial charge >= 0.3 is 0 Å². The molecule has 19 heavy (non-hydrogen) atoms. The van der Waals surface area contributed by atoms with Crippen LogP contribution in [0.15, 0.2) is 24.3 Å². The second-order valence-corrected chi connectivity index (χ2v) is 5.11. The van der Waals surface area contributed by atoms with Crippen molar-refractivity contribution in [2.45, 2.75) is 38.8 Å². The van der Waals surface area contributed by atoms with Crippen LogP contribution in [-0.4, -0.2) is 18.6 Å². The van der Waals surface area contributed by atoms with Crippen LogP contribution in [0.3, 0.4) is 0 Å². The topological polar surface area (TPSA) is 64.3 Å². The first-order valence-corrected chi connectivity index (χ1v) is 6.89. The lowest BCUT2D eigenvalue weighted by Gasteiger charge is -2.16. The van der Waals surface area contributed by atoms with Gasteiger partial charge in [0.15, 0.2) is 0 Å². The second-order valence-electron chi connectivity index (χ2n) is 5.11. The van der Waals surface area contributed by atoms with Crippen molar-refractivity contribution >= 4 is 11.6 Å². The predicted molar refractivity (Wildman–Crippen MR) is 75.8 cm³/mol. The maximum atomic E-state index is 12.2. The summed E-state index contributed by atoms with van der Waals surface area (Å²) in [6.45, 7) is 4.67. The van der Waals surface area contributed by atoms with Gasteiger partial charge in [-0.25, -0.2) is 0 Å². The lowest BCUT2D eigenvalue weighted by molar-refractivity contribution is -0.121. The Labute approximate surface area is 114 Å². The quantitative estimate of drug-likeness (QED) is 0.876. The first-order valence-electron chi connectivity index (χ1n) is 6.89. The Morgan fingerprint density at radius 2 is 2.16 bits per heavy atom. The van der Waals surface area contributed by atoms with Crippen molar-refractivity contribution in [3.8, 4) is 0 Å². The number of anilines is 1. The first-order chi connectivity index (χ1) is 9.11. The summed E-state index contributed by atoms with van der Waals surface area (Å²) in [5.74, 6) is 0.0241. The molecule has 3 atom stereocenters. The van der Waals surface area contributed by atoms with E-state index in [0.717, 1.165) is 24.1 Å². The number of nitrogens with two attached hydrogens (primary N) is 1. The third kappa shape index (κ3) is 3.33. The van der Waals surface area contributed by atoms with E-state index in [4.69, 9.17) is 10.5 Å². The smallest absolute Gasteiger partial charge is 0.230 e. The number of hydrogen-bond donors (Lipinski definition) is 2. The molecule has 0 aromatic heterocycles. The van der Waals surface area contributed by atoms with E-state index in [-0.39, 0.29) is 24.0 Å². The minimum Gasteiger partial charge on any atom is -0.377 e. The highest BCUT2D eigenvalue weighted by molar-refractivity contribution is 5.93. The molecule has 3 unspecified atom stereocenters. The minimum absolute atomic E-state index is 0.0115. The molecule has 3 N–H and O–H groups in total. The summed E-state index contributed by atoms with van der Waals surface area (Å²) >= 11 is 0. The van der Waals surface area contributed by atoms with Crippen molar-refractivity contribution in [1.82, 2.24) is 0 Å². The van der Waals surface area contributed by atoms with Gasteiger partial charge in [-0.15, -0.1) is 0 Å². The molecule has 1 aliphatic heterocycles. The first kappa shape index (κ1) is 14.0. The molecular formula is C15H22N2O2. The standard InChI is InChI=1S/C15H22N2O2/c1-3-14-13(8-9-19-14)15(18)17-12-6-4-11(5-7-12)10(2)16/h4-7,10,13-14H,3,8-9,16H2,1-2H3,(H,17,18). The Hall–Kier alpha value is -1.39. The monoisotopic (exact) mass is 262 g/mol. The van der Waals surface area contributed by atoms with Gasteiger partial charge in [-0.05, 0) is 37.5 Å². The molecule has 1 fully saturated rings. The van der Waals surface area contributed by atoms with Gasteiger partial charge in [0.25, 0.3) is 0 Å². The van der Waals surface area contributed by atoms with Crippen molar-refractivity contribution in [1.29, 1.82) is 0 Å². The fourth-order valence-corrected chi connectivity index (χ4v) is 2.46. The molecule has 4 nitrogen and oxygen atoms in total. The Morgan fingerprint density at radius 1 is 1.47 bits per heavy atom. The summed E-state index contributed by atoms with van der Waals surface area (Å²) in [4.78, 5) is 12.2. The summed E-state index contributed by atoms with van der Waals surface area (Å²) < 4.78 is 5.55. The number of benzene rings is 1. The number of amides is 1. The maximum absolute atomic E-state index is 12.2. The second kappa shape index (κ2) is 6.17. The fourth-order valence-electron chi connectivity index (χ4n) is 2.46. The molecule has 0 spiro atoms. The van der Waals surface area contributed by atoms with Gasteiger partial charge in [-0.3, -0.25) is 4.79 Å². The molecule has 0 saturated carbocycles. The maximum Gasteiger partial charge on any atom is 0.230 e. The number of rotatable bonds is 4. The van der Waals surface area contributed by atoms with E-state index < -0.39 is 0 Å². The average Bonchev–Trinajstić information content (AvgIpc) is 2.87. The molecule has 0 aliphatic carbocycles. The molecule has 1 aromatic rings. The molecule has 1 aliphatic rings. The van der Waals surface area contributed by atoms with Crippen LogP contribution in [0.2, 0.25) is 0 Å². The number of hydrogen-bond acceptors (Lipinski definition) is 3. The average molecular weight is 262 g/mol. The summed E-state index contributed by atoms with van der Waals surface area (Å²) in [6.07, 6.45) is 1.74. The van der Waals surface area contributed by atoms with Gasteiger partial charge in [0.1, 0.15) is 0 Å². The highest BCUT2D eigenvalue weighted by atomic mass is 16.5. The zero-order chi connectivity index (χ0) is 13.8. The highest BCUT2D eigenvalue weighted by Gasteiger charge is 2.32.